The molecular weight excluding hydrogens is 248 g/mol. The van der Waals surface area contributed by atoms with Gasteiger partial charge in [0.1, 0.15) is 0 Å². The van der Waals surface area contributed by atoms with Gasteiger partial charge in [-0.3, -0.25) is 4.79 Å². The average molecular weight is 266 g/mol. The molecule has 0 radical (unpaired) electrons. The quantitative estimate of drug-likeness (QED) is 0.826. The fraction of sp³-hybridized carbons (Fsp3) is 0.529. The number of carbonyl (C=O) groups is 1. The molecular formula is C17H18N2O. The van der Waals surface area contributed by atoms with E-state index in [9.17, 15) is 10.1 Å². The lowest BCUT2D eigenvalue weighted by atomic mass is 9.75. The van der Waals surface area contributed by atoms with E-state index in [2.05, 4.69) is 13.0 Å². The van der Waals surface area contributed by atoms with E-state index in [0.717, 1.165) is 49.3 Å². The van der Waals surface area contributed by atoms with Crippen LogP contribution in [0.1, 0.15) is 48.5 Å². The Balaban J connectivity index is 1.58. The summed E-state index contributed by atoms with van der Waals surface area (Å²) in [6.07, 6.45) is 4.22. The van der Waals surface area contributed by atoms with Gasteiger partial charge in [0.05, 0.1) is 11.5 Å². The highest BCUT2D eigenvalue weighted by molar-refractivity contribution is 5.95. The van der Waals surface area contributed by atoms with Crippen molar-refractivity contribution in [1.82, 2.24) is 4.90 Å². The van der Waals surface area contributed by atoms with Crippen molar-refractivity contribution in [1.29, 1.82) is 5.26 Å². The third kappa shape index (κ3) is 1.48. The van der Waals surface area contributed by atoms with Gasteiger partial charge in [-0.25, -0.2) is 0 Å². The van der Waals surface area contributed by atoms with Crippen LogP contribution in [0, 0.1) is 17.2 Å². The van der Waals surface area contributed by atoms with Gasteiger partial charge in [-0.05, 0) is 56.2 Å². The van der Waals surface area contributed by atoms with E-state index in [1.807, 2.05) is 29.2 Å². The predicted molar refractivity (Wildman–Crippen MR) is 75.1 cm³/mol. The number of amides is 1. The minimum absolute atomic E-state index is 0.102. The summed E-state index contributed by atoms with van der Waals surface area (Å²) in [5, 5.41) is 9.21. The van der Waals surface area contributed by atoms with Crippen molar-refractivity contribution in [3.8, 4) is 6.07 Å². The lowest BCUT2D eigenvalue weighted by Crippen LogP contribution is -2.45. The van der Waals surface area contributed by atoms with Gasteiger partial charge in [0.15, 0.2) is 0 Å². The van der Waals surface area contributed by atoms with Gasteiger partial charge in [0.2, 0.25) is 0 Å². The molecule has 0 atom stereocenters. The number of fused-ring (bicyclic) bond motifs is 1. The predicted octanol–water partition coefficient (Wildman–Crippen LogP) is 2.87. The first-order chi connectivity index (χ1) is 9.56. The second-order valence-electron chi connectivity index (χ2n) is 6.96. The van der Waals surface area contributed by atoms with Gasteiger partial charge in [-0.2, -0.15) is 5.26 Å². The third-order valence-corrected chi connectivity index (χ3v) is 5.44. The number of nitriles is 1. The summed E-state index contributed by atoms with van der Waals surface area (Å²) >= 11 is 0. The fourth-order valence-corrected chi connectivity index (χ4v) is 4.02. The SMILES string of the molecule is CC12CC(CN1C(=O)c1ccc(C3(C#N)CC3)cc1)C2. The van der Waals surface area contributed by atoms with Crippen molar-refractivity contribution < 1.29 is 4.79 Å². The Morgan fingerprint density at radius 1 is 1.30 bits per heavy atom. The molecule has 3 heteroatoms. The Kier molecular flexibility index (Phi) is 2.17. The molecule has 1 aromatic carbocycles. The Bertz CT molecular complexity index is 615. The summed E-state index contributed by atoms with van der Waals surface area (Å²) in [5.41, 5.74) is 1.66. The highest BCUT2D eigenvalue weighted by Gasteiger charge is 2.54. The molecule has 20 heavy (non-hydrogen) atoms. The Hall–Kier alpha value is -1.82. The van der Waals surface area contributed by atoms with Crippen molar-refractivity contribution in [2.24, 2.45) is 5.92 Å². The standard InChI is InChI=1S/C17H18N2O/c1-16-8-12(9-16)10-19(16)15(20)13-2-4-14(5-3-13)17(11-18)6-7-17/h2-5,12H,6-10H2,1H3. The zero-order valence-electron chi connectivity index (χ0n) is 11.7. The first-order valence-electron chi connectivity index (χ1n) is 7.40. The van der Waals surface area contributed by atoms with Crippen LogP contribution in [0.25, 0.3) is 0 Å². The lowest BCUT2D eigenvalue weighted by Gasteiger charge is -2.38. The molecule has 2 aliphatic carbocycles. The van der Waals surface area contributed by atoms with Crippen LogP contribution in [-0.2, 0) is 5.41 Å². The van der Waals surface area contributed by atoms with Crippen molar-refractivity contribution in [3.05, 3.63) is 35.4 Å². The lowest BCUT2D eigenvalue weighted by molar-refractivity contribution is 0.0611. The summed E-state index contributed by atoms with van der Waals surface area (Å²) < 4.78 is 0. The van der Waals surface area contributed by atoms with Gasteiger partial charge in [-0.1, -0.05) is 12.1 Å². The molecule has 0 unspecified atom stereocenters. The highest BCUT2D eigenvalue weighted by Crippen LogP contribution is 2.51. The van der Waals surface area contributed by atoms with Crippen molar-refractivity contribution in [2.75, 3.05) is 6.54 Å². The number of hydrogen-bond donors (Lipinski definition) is 0. The second-order valence-corrected chi connectivity index (χ2v) is 6.96. The number of carbonyl (C=O) groups excluding carboxylic acids is 1. The topological polar surface area (TPSA) is 44.1 Å². The van der Waals surface area contributed by atoms with E-state index in [1.54, 1.807) is 0 Å². The Morgan fingerprint density at radius 3 is 2.40 bits per heavy atom. The minimum Gasteiger partial charge on any atom is -0.333 e. The molecule has 3 nitrogen and oxygen atoms in total. The summed E-state index contributed by atoms with van der Waals surface area (Å²) in [6.45, 7) is 3.11. The molecule has 4 fully saturated rings. The summed E-state index contributed by atoms with van der Waals surface area (Å²) in [5.74, 6) is 0.873. The van der Waals surface area contributed by atoms with Gasteiger partial charge in [0.25, 0.3) is 5.91 Å². The molecule has 0 spiro atoms. The largest absolute Gasteiger partial charge is 0.333 e. The summed E-state index contributed by atoms with van der Waals surface area (Å²) in [6, 6.07) is 10.1. The molecule has 2 saturated carbocycles. The minimum atomic E-state index is -0.261. The van der Waals surface area contributed by atoms with Gasteiger partial charge in [0, 0.05) is 17.6 Å². The summed E-state index contributed by atoms with van der Waals surface area (Å²) in [4.78, 5) is 14.6. The normalized spacial score (nSPS) is 32.4. The molecule has 0 N–H and O–H groups in total. The molecule has 2 bridgehead atoms. The van der Waals surface area contributed by atoms with Gasteiger partial charge in [-0.15, -0.1) is 0 Å². The first kappa shape index (κ1) is 12.0. The maximum Gasteiger partial charge on any atom is 0.254 e. The maximum atomic E-state index is 12.6. The van der Waals surface area contributed by atoms with E-state index in [-0.39, 0.29) is 16.9 Å². The van der Waals surface area contributed by atoms with Crippen LogP contribution < -0.4 is 0 Å². The molecule has 2 saturated heterocycles. The second kappa shape index (κ2) is 3.63. The van der Waals surface area contributed by atoms with Crippen LogP contribution in [0.15, 0.2) is 24.3 Å². The highest BCUT2D eigenvalue weighted by atomic mass is 16.2. The zero-order chi connectivity index (χ0) is 14.0. The van der Waals surface area contributed by atoms with Crippen molar-refractivity contribution in [3.63, 3.8) is 0 Å². The van der Waals surface area contributed by atoms with Crippen LogP contribution in [0.4, 0.5) is 0 Å². The van der Waals surface area contributed by atoms with E-state index in [0.29, 0.717) is 0 Å². The number of benzene rings is 1. The molecule has 4 aliphatic rings. The monoisotopic (exact) mass is 266 g/mol. The van der Waals surface area contributed by atoms with E-state index < -0.39 is 0 Å². The molecule has 1 amide bonds. The van der Waals surface area contributed by atoms with Crippen molar-refractivity contribution >= 4 is 5.91 Å². The van der Waals surface area contributed by atoms with E-state index >= 15 is 0 Å². The molecule has 2 heterocycles. The molecule has 2 aliphatic heterocycles. The molecule has 0 aromatic heterocycles. The van der Waals surface area contributed by atoms with Gasteiger partial charge < -0.3 is 4.90 Å². The molecule has 1 aromatic rings. The number of rotatable bonds is 2. The van der Waals surface area contributed by atoms with Crippen LogP contribution in [0.3, 0.4) is 0 Å². The maximum absolute atomic E-state index is 12.6. The van der Waals surface area contributed by atoms with Crippen LogP contribution in [-0.4, -0.2) is 22.9 Å². The third-order valence-electron chi connectivity index (χ3n) is 5.44. The Labute approximate surface area is 119 Å². The first-order valence-corrected chi connectivity index (χ1v) is 7.40. The van der Waals surface area contributed by atoms with Gasteiger partial charge >= 0.3 is 0 Å². The van der Waals surface area contributed by atoms with Crippen LogP contribution in [0.5, 0.6) is 0 Å². The van der Waals surface area contributed by atoms with Crippen LogP contribution in [0.2, 0.25) is 0 Å². The van der Waals surface area contributed by atoms with E-state index in [4.69, 9.17) is 0 Å². The summed E-state index contributed by atoms with van der Waals surface area (Å²) in [7, 11) is 0. The Morgan fingerprint density at radius 2 is 1.95 bits per heavy atom. The zero-order valence-corrected chi connectivity index (χ0v) is 11.7. The fourth-order valence-electron chi connectivity index (χ4n) is 4.02. The molecule has 5 rings (SSSR count). The van der Waals surface area contributed by atoms with Crippen LogP contribution >= 0.6 is 0 Å². The number of nitrogens with zero attached hydrogens (tertiary/aromatic N) is 2. The van der Waals surface area contributed by atoms with Crippen molar-refractivity contribution in [2.45, 2.75) is 43.6 Å². The smallest absolute Gasteiger partial charge is 0.254 e. The van der Waals surface area contributed by atoms with E-state index in [1.165, 1.54) is 0 Å². The molecule has 102 valence electrons. The average Bonchev–Trinajstić information content (AvgIpc) is 3.08. The number of hydrogen-bond acceptors (Lipinski definition) is 2.